The highest BCUT2D eigenvalue weighted by Crippen LogP contribution is 2.51. The number of piperidine rings is 2. The first kappa shape index (κ1) is 48.0. The van der Waals surface area contributed by atoms with Gasteiger partial charge < -0.3 is 24.2 Å². The zero-order valence-electron chi connectivity index (χ0n) is 41.0. The highest BCUT2D eigenvalue weighted by atomic mass is 16.6. The SMILES string of the molecule is CCCCC1(C(=O)OCN(C(=O)N2CCC(C3=Cc4ccccc4CC3=O)CC2)[C@H](Cc2cc(C)c3c(cnn3COC(=O)C3(CCC)CC3)c2)C(=O)N2CCN(C3CCN(C)CC3)CC2)CC1. The van der Waals surface area contributed by atoms with Crippen LogP contribution in [-0.2, 0) is 48.2 Å². The fourth-order valence-electron chi connectivity index (χ4n) is 11.7. The number of urea groups is 1. The predicted octanol–water partition coefficient (Wildman–Crippen LogP) is 7.39. The van der Waals surface area contributed by atoms with E-state index in [1.807, 2.05) is 48.2 Å². The molecule has 366 valence electrons. The fourth-order valence-corrected chi connectivity index (χ4v) is 11.7. The van der Waals surface area contributed by atoms with E-state index in [0.717, 1.165) is 136 Å². The van der Waals surface area contributed by atoms with Crippen molar-refractivity contribution in [3.05, 3.63) is 70.4 Å². The molecule has 1 atom stereocenters. The number of benzene rings is 2. The van der Waals surface area contributed by atoms with Gasteiger partial charge in [-0.15, -0.1) is 0 Å². The number of esters is 2. The third kappa shape index (κ3) is 10.3. The molecule has 14 nitrogen and oxygen atoms in total. The summed E-state index contributed by atoms with van der Waals surface area (Å²) >= 11 is 0. The maximum absolute atomic E-state index is 15.3. The van der Waals surface area contributed by atoms with Gasteiger partial charge in [-0.25, -0.2) is 9.48 Å². The number of Topliss-reactive ketones (excluding diaryl/α,β-unsaturated/α-hetero) is 1. The Bertz CT molecular complexity index is 2380. The van der Waals surface area contributed by atoms with Crippen LogP contribution in [0.5, 0.6) is 0 Å². The van der Waals surface area contributed by atoms with Gasteiger partial charge in [0, 0.05) is 63.5 Å². The second-order valence-electron chi connectivity index (χ2n) is 21.1. The zero-order chi connectivity index (χ0) is 47.6. The summed E-state index contributed by atoms with van der Waals surface area (Å²) in [6.45, 7) is 11.4. The summed E-state index contributed by atoms with van der Waals surface area (Å²) in [4.78, 5) is 81.2. The number of ether oxygens (including phenoxy) is 2. The Hall–Kier alpha value is -5.08. The molecule has 3 aromatic rings. The minimum absolute atomic E-state index is 0.0153. The lowest BCUT2D eigenvalue weighted by atomic mass is 9.80. The van der Waals surface area contributed by atoms with Gasteiger partial charge in [-0.3, -0.25) is 29.0 Å². The Morgan fingerprint density at radius 3 is 2.21 bits per heavy atom. The van der Waals surface area contributed by atoms with Crippen molar-refractivity contribution in [2.24, 2.45) is 16.7 Å². The number of aromatic nitrogens is 2. The molecule has 3 saturated heterocycles. The van der Waals surface area contributed by atoms with Crippen LogP contribution in [0.3, 0.4) is 0 Å². The molecule has 5 fully saturated rings. The van der Waals surface area contributed by atoms with E-state index < -0.39 is 11.5 Å². The number of carbonyl (C=O) groups is 5. The van der Waals surface area contributed by atoms with Crippen LogP contribution in [0.25, 0.3) is 17.0 Å². The van der Waals surface area contributed by atoms with Crippen molar-refractivity contribution in [1.82, 2.24) is 34.3 Å². The van der Waals surface area contributed by atoms with Crippen LogP contribution in [0.15, 0.2) is 48.2 Å². The van der Waals surface area contributed by atoms with Crippen molar-refractivity contribution >= 4 is 46.6 Å². The number of fused-ring (bicyclic) bond motifs is 2. The summed E-state index contributed by atoms with van der Waals surface area (Å²) in [5.41, 5.74) is 4.65. The van der Waals surface area contributed by atoms with E-state index in [1.54, 1.807) is 15.8 Å². The van der Waals surface area contributed by atoms with Gasteiger partial charge in [0.05, 0.1) is 22.5 Å². The molecule has 3 amide bonds. The third-order valence-electron chi connectivity index (χ3n) is 16.4. The minimum Gasteiger partial charge on any atom is -0.444 e. The number of hydrogen-bond acceptors (Lipinski definition) is 10. The van der Waals surface area contributed by atoms with E-state index in [1.165, 1.54) is 4.90 Å². The maximum atomic E-state index is 15.3. The third-order valence-corrected chi connectivity index (χ3v) is 16.4. The second-order valence-corrected chi connectivity index (χ2v) is 21.1. The van der Waals surface area contributed by atoms with E-state index in [9.17, 15) is 14.4 Å². The Balaban J connectivity index is 0.984. The molecule has 1 aromatic heterocycles. The molecule has 3 aliphatic carbocycles. The number of ketones is 1. The molecule has 0 N–H and O–H groups in total. The number of unbranched alkanes of at least 4 members (excludes halogenated alkanes) is 1. The number of aryl methyl sites for hydroxylation is 1. The van der Waals surface area contributed by atoms with E-state index in [4.69, 9.17) is 9.47 Å². The first-order valence-electron chi connectivity index (χ1n) is 25.8. The van der Waals surface area contributed by atoms with Crippen molar-refractivity contribution in [2.75, 3.05) is 66.1 Å². The van der Waals surface area contributed by atoms with Gasteiger partial charge in [0.2, 0.25) is 5.91 Å². The van der Waals surface area contributed by atoms with Crippen LogP contribution in [0.2, 0.25) is 0 Å². The Morgan fingerprint density at radius 2 is 1.51 bits per heavy atom. The van der Waals surface area contributed by atoms with Gasteiger partial charge >= 0.3 is 18.0 Å². The summed E-state index contributed by atoms with van der Waals surface area (Å²) in [6.07, 6.45) is 15.5. The van der Waals surface area contributed by atoms with E-state index >= 15 is 9.59 Å². The molecule has 6 aliphatic rings. The van der Waals surface area contributed by atoms with Crippen molar-refractivity contribution < 1.29 is 33.4 Å². The minimum atomic E-state index is -0.964. The predicted molar refractivity (Wildman–Crippen MR) is 260 cm³/mol. The lowest BCUT2D eigenvalue weighted by Gasteiger charge is -2.44. The molecule has 68 heavy (non-hydrogen) atoms. The summed E-state index contributed by atoms with van der Waals surface area (Å²) in [6, 6.07) is 11.3. The highest BCUT2D eigenvalue weighted by molar-refractivity contribution is 6.04. The fraction of sp³-hybridized carbons (Fsp3) is 0.630. The number of carbonyl (C=O) groups excluding carboxylic acids is 5. The number of allylic oxidation sites excluding steroid dienone is 1. The van der Waals surface area contributed by atoms with Gasteiger partial charge in [-0.05, 0) is 137 Å². The Kier molecular flexibility index (Phi) is 14.4. The summed E-state index contributed by atoms with van der Waals surface area (Å²) < 4.78 is 13.8. The molecule has 0 spiro atoms. The van der Waals surface area contributed by atoms with E-state index in [0.29, 0.717) is 51.5 Å². The number of likely N-dealkylation sites (tertiary alicyclic amines) is 2. The van der Waals surface area contributed by atoms with Gasteiger partial charge in [0.15, 0.2) is 19.2 Å². The van der Waals surface area contributed by atoms with Gasteiger partial charge in [0.25, 0.3) is 0 Å². The van der Waals surface area contributed by atoms with Crippen LogP contribution in [-0.4, -0.2) is 142 Å². The number of nitrogens with zero attached hydrogens (tertiary/aromatic N) is 7. The van der Waals surface area contributed by atoms with Crippen molar-refractivity contribution in [3.8, 4) is 0 Å². The smallest absolute Gasteiger partial charge is 0.323 e. The zero-order valence-corrected chi connectivity index (χ0v) is 41.0. The van der Waals surface area contributed by atoms with Gasteiger partial charge in [0.1, 0.15) is 6.04 Å². The topological polar surface area (TPSA) is 138 Å². The van der Waals surface area contributed by atoms with Crippen LogP contribution < -0.4 is 0 Å². The van der Waals surface area contributed by atoms with E-state index in [2.05, 4.69) is 41.9 Å². The van der Waals surface area contributed by atoms with Crippen LogP contribution >= 0.6 is 0 Å². The van der Waals surface area contributed by atoms with Crippen LogP contribution in [0, 0.1) is 23.7 Å². The maximum Gasteiger partial charge on any atom is 0.323 e. The normalized spacial score (nSPS) is 21.2. The first-order chi connectivity index (χ1) is 32.9. The van der Waals surface area contributed by atoms with Crippen molar-refractivity contribution in [2.45, 2.75) is 136 Å². The molecule has 14 heteroatoms. The van der Waals surface area contributed by atoms with Crippen LogP contribution in [0.4, 0.5) is 4.79 Å². The van der Waals surface area contributed by atoms with E-state index in [-0.39, 0.29) is 60.9 Å². The molecule has 0 unspecified atom stereocenters. The van der Waals surface area contributed by atoms with Crippen LogP contribution in [0.1, 0.15) is 120 Å². The molecular formula is C54H73N7O7. The number of amides is 3. The monoisotopic (exact) mass is 932 g/mol. The lowest BCUT2D eigenvalue weighted by Crippen LogP contribution is -2.60. The Morgan fingerprint density at radius 1 is 0.824 bits per heavy atom. The largest absolute Gasteiger partial charge is 0.444 e. The quantitative estimate of drug-likeness (QED) is 0.0996. The number of rotatable bonds is 17. The molecule has 0 bridgehead atoms. The molecule has 9 rings (SSSR count). The Labute approximate surface area is 402 Å². The van der Waals surface area contributed by atoms with Crippen molar-refractivity contribution in [3.63, 3.8) is 0 Å². The molecule has 3 aliphatic heterocycles. The number of hydrogen-bond donors (Lipinski definition) is 0. The van der Waals surface area contributed by atoms with Gasteiger partial charge in [-0.1, -0.05) is 63.4 Å². The molecule has 2 aromatic carbocycles. The highest BCUT2D eigenvalue weighted by Gasteiger charge is 2.52. The lowest BCUT2D eigenvalue weighted by molar-refractivity contribution is -0.158. The average Bonchev–Trinajstić information content (AvgIpc) is 4.29. The molecular weight excluding hydrogens is 859 g/mol. The van der Waals surface area contributed by atoms with Crippen molar-refractivity contribution in [1.29, 1.82) is 0 Å². The number of piperazine rings is 1. The second kappa shape index (κ2) is 20.5. The summed E-state index contributed by atoms with van der Waals surface area (Å²) in [5.74, 6) is -0.460. The molecule has 2 saturated carbocycles. The average molecular weight is 932 g/mol. The first-order valence-corrected chi connectivity index (χ1v) is 25.8. The summed E-state index contributed by atoms with van der Waals surface area (Å²) in [7, 11) is 2.17. The standard InChI is InChI=1S/C54H73N7O7/c1-5-7-17-54(20-21-54)51(65)67-36-60(52(66)59-24-12-40(13-25-59)45-33-41-10-8-9-11-42(41)34-47(45)62)46(49(63)58-28-26-57(27-29-58)44-14-22-56(4)23-15-44)32-39-30-38(3)48-43(31-39)35-55-61(48)37-68-50(64)53(16-6-2)18-19-53/h8-11,30-31,33,35,40,44,46H,5-7,12-29,32,34,36-37H2,1-4H3/t46-/m1/s1. The molecule has 4 heterocycles. The summed E-state index contributed by atoms with van der Waals surface area (Å²) in [5, 5.41) is 5.48. The van der Waals surface area contributed by atoms with Gasteiger partial charge in [-0.2, -0.15) is 5.10 Å². The molecule has 0 radical (unpaired) electrons.